The molecule has 0 bridgehead atoms. The minimum absolute atomic E-state index is 0. The largest absolute Gasteiger partial charge is 0.342 e. The zero-order chi connectivity index (χ0) is 16.1. The standard InChI is InChI=1S/C19H35N3O.ClH/c1-16-13-18(8-9-20-16)19(23)22-12-6-7-17(15-22)14-21-10-4-2-3-5-11-21;/h16-18,20H,2-15H2,1H3;1H/t16-,17?,18-;/m0./s1. The molecule has 3 aliphatic rings. The van der Waals surface area contributed by atoms with Crippen LogP contribution in [0, 0.1) is 11.8 Å². The van der Waals surface area contributed by atoms with Crippen LogP contribution in [-0.2, 0) is 4.79 Å². The molecule has 0 aromatic rings. The van der Waals surface area contributed by atoms with E-state index in [4.69, 9.17) is 0 Å². The molecule has 0 radical (unpaired) electrons. The molecule has 3 atom stereocenters. The van der Waals surface area contributed by atoms with Crippen LogP contribution in [0.4, 0.5) is 0 Å². The molecular weight excluding hydrogens is 322 g/mol. The number of carbonyl (C=O) groups excluding carboxylic acids is 1. The number of rotatable bonds is 3. The van der Waals surface area contributed by atoms with Gasteiger partial charge in [-0.15, -0.1) is 12.4 Å². The molecule has 3 saturated heterocycles. The van der Waals surface area contributed by atoms with Crippen LogP contribution in [-0.4, -0.2) is 61.0 Å². The highest BCUT2D eigenvalue weighted by molar-refractivity contribution is 5.85. The molecule has 0 saturated carbocycles. The van der Waals surface area contributed by atoms with Crippen LogP contribution in [0.5, 0.6) is 0 Å². The molecular formula is C19H36ClN3O. The average molecular weight is 358 g/mol. The topological polar surface area (TPSA) is 35.6 Å². The maximum absolute atomic E-state index is 12.9. The molecule has 1 unspecified atom stereocenters. The molecule has 3 rings (SSSR count). The number of nitrogens with one attached hydrogen (secondary N) is 1. The van der Waals surface area contributed by atoms with E-state index in [2.05, 4.69) is 22.0 Å². The van der Waals surface area contributed by atoms with E-state index in [0.717, 1.165) is 32.5 Å². The first-order valence-electron chi connectivity index (χ1n) is 9.97. The van der Waals surface area contributed by atoms with Crippen molar-refractivity contribution in [2.75, 3.05) is 39.3 Å². The van der Waals surface area contributed by atoms with Gasteiger partial charge in [-0.05, 0) is 71.0 Å². The molecule has 3 aliphatic heterocycles. The highest BCUT2D eigenvalue weighted by Crippen LogP contribution is 2.24. The molecule has 24 heavy (non-hydrogen) atoms. The minimum Gasteiger partial charge on any atom is -0.342 e. The summed E-state index contributed by atoms with van der Waals surface area (Å²) >= 11 is 0. The monoisotopic (exact) mass is 357 g/mol. The van der Waals surface area contributed by atoms with Crippen molar-refractivity contribution in [3.8, 4) is 0 Å². The highest BCUT2D eigenvalue weighted by Gasteiger charge is 2.31. The van der Waals surface area contributed by atoms with Gasteiger partial charge in [-0.25, -0.2) is 0 Å². The first kappa shape index (κ1) is 20.0. The maximum Gasteiger partial charge on any atom is 0.225 e. The molecule has 0 aromatic carbocycles. The summed E-state index contributed by atoms with van der Waals surface area (Å²) in [6, 6.07) is 0.496. The van der Waals surface area contributed by atoms with Gasteiger partial charge in [-0.3, -0.25) is 4.79 Å². The quantitative estimate of drug-likeness (QED) is 0.843. The normalized spacial score (nSPS) is 32.7. The number of likely N-dealkylation sites (tertiary alicyclic amines) is 2. The lowest BCUT2D eigenvalue weighted by Gasteiger charge is -2.38. The van der Waals surface area contributed by atoms with E-state index < -0.39 is 0 Å². The zero-order valence-electron chi connectivity index (χ0n) is 15.3. The van der Waals surface area contributed by atoms with Crippen LogP contribution in [0.15, 0.2) is 0 Å². The summed E-state index contributed by atoms with van der Waals surface area (Å²) in [4.78, 5) is 17.7. The van der Waals surface area contributed by atoms with Crippen molar-refractivity contribution in [1.29, 1.82) is 0 Å². The van der Waals surface area contributed by atoms with Crippen LogP contribution >= 0.6 is 12.4 Å². The first-order valence-corrected chi connectivity index (χ1v) is 9.97. The lowest BCUT2D eigenvalue weighted by atomic mass is 9.90. The Balaban J connectivity index is 0.00000208. The van der Waals surface area contributed by atoms with E-state index >= 15 is 0 Å². The Morgan fingerprint density at radius 3 is 2.50 bits per heavy atom. The lowest BCUT2D eigenvalue weighted by Crippen LogP contribution is -2.48. The fraction of sp³-hybridized carbons (Fsp3) is 0.947. The van der Waals surface area contributed by atoms with Gasteiger partial charge < -0.3 is 15.1 Å². The third-order valence-electron chi connectivity index (χ3n) is 6.02. The van der Waals surface area contributed by atoms with E-state index in [9.17, 15) is 4.79 Å². The van der Waals surface area contributed by atoms with E-state index in [1.165, 1.54) is 58.2 Å². The summed E-state index contributed by atoms with van der Waals surface area (Å²) in [6.07, 6.45) is 10.1. The zero-order valence-corrected chi connectivity index (χ0v) is 16.2. The van der Waals surface area contributed by atoms with Crippen molar-refractivity contribution >= 4 is 18.3 Å². The molecule has 1 N–H and O–H groups in total. The average Bonchev–Trinajstić information content (AvgIpc) is 2.83. The highest BCUT2D eigenvalue weighted by atomic mass is 35.5. The predicted octanol–water partition coefficient (Wildman–Crippen LogP) is 2.91. The first-order chi connectivity index (χ1) is 11.2. The smallest absolute Gasteiger partial charge is 0.225 e. The SMILES string of the molecule is C[C@H]1C[C@@H](C(=O)N2CCCC(CN3CCCCCC3)C2)CCN1.Cl. The molecule has 4 nitrogen and oxygen atoms in total. The van der Waals surface area contributed by atoms with Crippen molar-refractivity contribution in [2.24, 2.45) is 11.8 Å². The molecule has 5 heteroatoms. The van der Waals surface area contributed by atoms with Crippen molar-refractivity contribution in [3.63, 3.8) is 0 Å². The molecule has 0 aliphatic carbocycles. The Kier molecular flexibility index (Phi) is 8.32. The second kappa shape index (κ2) is 9.98. The van der Waals surface area contributed by atoms with Gasteiger partial charge in [0.2, 0.25) is 5.91 Å². The fourth-order valence-electron chi connectivity index (χ4n) is 4.71. The molecule has 0 aromatic heterocycles. The summed E-state index contributed by atoms with van der Waals surface area (Å²) in [5.41, 5.74) is 0. The van der Waals surface area contributed by atoms with Crippen LogP contribution in [0.25, 0.3) is 0 Å². The van der Waals surface area contributed by atoms with Gasteiger partial charge >= 0.3 is 0 Å². The number of nitrogens with zero attached hydrogens (tertiary/aromatic N) is 2. The van der Waals surface area contributed by atoms with E-state index in [1.807, 2.05) is 0 Å². The van der Waals surface area contributed by atoms with Gasteiger partial charge in [-0.1, -0.05) is 12.8 Å². The Bertz CT molecular complexity index is 385. The summed E-state index contributed by atoms with van der Waals surface area (Å²) in [7, 11) is 0. The van der Waals surface area contributed by atoms with E-state index in [1.54, 1.807) is 0 Å². The number of hydrogen-bond acceptors (Lipinski definition) is 3. The van der Waals surface area contributed by atoms with Crippen LogP contribution in [0.2, 0.25) is 0 Å². The molecule has 3 fully saturated rings. The summed E-state index contributed by atoms with van der Waals surface area (Å²) in [5.74, 6) is 1.41. The second-order valence-corrected chi connectivity index (χ2v) is 8.08. The summed E-state index contributed by atoms with van der Waals surface area (Å²) in [5, 5.41) is 3.46. The van der Waals surface area contributed by atoms with Gasteiger partial charge in [-0.2, -0.15) is 0 Å². The molecule has 140 valence electrons. The predicted molar refractivity (Wildman–Crippen MR) is 102 cm³/mol. The fourth-order valence-corrected chi connectivity index (χ4v) is 4.71. The minimum atomic E-state index is 0. The van der Waals surface area contributed by atoms with Crippen molar-refractivity contribution in [1.82, 2.24) is 15.1 Å². The van der Waals surface area contributed by atoms with Gasteiger partial charge in [0, 0.05) is 31.6 Å². The van der Waals surface area contributed by atoms with Gasteiger partial charge in [0.25, 0.3) is 0 Å². The summed E-state index contributed by atoms with van der Waals surface area (Å²) in [6.45, 7) is 8.97. The molecule has 1 amide bonds. The van der Waals surface area contributed by atoms with Crippen LogP contribution in [0.1, 0.15) is 58.3 Å². The molecule has 3 heterocycles. The van der Waals surface area contributed by atoms with E-state index in [-0.39, 0.29) is 18.3 Å². The van der Waals surface area contributed by atoms with E-state index in [0.29, 0.717) is 17.9 Å². The van der Waals surface area contributed by atoms with Gasteiger partial charge in [0.1, 0.15) is 0 Å². The lowest BCUT2D eigenvalue weighted by molar-refractivity contribution is -0.138. The number of amides is 1. The van der Waals surface area contributed by atoms with Gasteiger partial charge in [0.05, 0.1) is 0 Å². The van der Waals surface area contributed by atoms with Crippen LogP contribution in [0.3, 0.4) is 0 Å². The summed E-state index contributed by atoms with van der Waals surface area (Å²) < 4.78 is 0. The maximum atomic E-state index is 12.9. The van der Waals surface area contributed by atoms with Crippen molar-refractivity contribution < 1.29 is 4.79 Å². The Labute approximate surface area is 154 Å². The third-order valence-corrected chi connectivity index (χ3v) is 6.02. The van der Waals surface area contributed by atoms with Gasteiger partial charge in [0.15, 0.2) is 0 Å². The second-order valence-electron chi connectivity index (χ2n) is 8.08. The Hall–Kier alpha value is -0.320. The Morgan fingerprint density at radius 2 is 1.79 bits per heavy atom. The number of hydrogen-bond donors (Lipinski definition) is 1. The third kappa shape index (κ3) is 5.60. The molecule has 0 spiro atoms. The van der Waals surface area contributed by atoms with Crippen LogP contribution < -0.4 is 5.32 Å². The number of halogens is 1. The van der Waals surface area contributed by atoms with Crippen molar-refractivity contribution in [2.45, 2.75) is 64.3 Å². The number of piperidine rings is 2. The van der Waals surface area contributed by atoms with Crippen molar-refractivity contribution in [3.05, 3.63) is 0 Å². The number of carbonyl (C=O) groups is 1. The Morgan fingerprint density at radius 1 is 1.04 bits per heavy atom.